The van der Waals surface area contributed by atoms with Gasteiger partial charge in [-0.1, -0.05) is 27.5 Å². The van der Waals surface area contributed by atoms with Crippen molar-refractivity contribution in [1.29, 1.82) is 0 Å². The molecule has 0 atom stereocenters. The molecule has 16 heavy (non-hydrogen) atoms. The number of phenols is 1. The Bertz CT molecular complexity index is 493. The van der Waals surface area contributed by atoms with E-state index in [-0.39, 0.29) is 5.75 Å². The van der Waals surface area contributed by atoms with Gasteiger partial charge >= 0.3 is 0 Å². The lowest BCUT2D eigenvalue weighted by molar-refractivity contribution is 0.476. The van der Waals surface area contributed by atoms with Gasteiger partial charge in [-0.25, -0.2) is 4.39 Å². The van der Waals surface area contributed by atoms with Crippen molar-refractivity contribution < 1.29 is 9.50 Å². The molecule has 0 heterocycles. The number of aromatic hydroxyl groups is 1. The van der Waals surface area contributed by atoms with Crippen LogP contribution >= 0.6 is 27.5 Å². The van der Waals surface area contributed by atoms with E-state index in [1.807, 2.05) is 0 Å². The quantitative estimate of drug-likeness (QED) is 0.815. The van der Waals surface area contributed by atoms with E-state index in [9.17, 15) is 9.50 Å². The Labute approximate surface area is 106 Å². The maximum absolute atomic E-state index is 13.6. The van der Waals surface area contributed by atoms with E-state index in [2.05, 4.69) is 15.9 Å². The lowest BCUT2D eigenvalue weighted by atomic mass is 10.0. The molecule has 0 aliphatic rings. The Hall–Kier alpha value is -1.06. The molecular weight excluding hydrogens is 294 g/mol. The summed E-state index contributed by atoms with van der Waals surface area (Å²) < 4.78 is 14.3. The molecule has 0 saturated heterocycles. The van der Waals surface area contributed by atoms with Crippen molar-refractivity contribution in [1.82, 2.24) is 0 Å². The van der Waals surface area contributed by atoms with Crippen LogP contribution in [0.2, 0.25) is 5.02 Å². The SMILES string of the molecule is Oc1cc(Br)ccc1-c1ccc(Cl)cc1F. The van der Waals surface area contributed by atoms with Gasteiger partial charge in [0.2, 0.25) is 0 Å². The average molecular weight is 302 g/mol. The Morgan fingerprint density at radius 3 is 2.38 bits per heavy atom. The van der Waals surface area contributed by atoms with Crippen LogP contribution in [0.4, 0.5) is 4.39 Å². The van der Waals surface area contributed by atoms with Crippen LogP contribution < -0.4 is 0 Å². The van der Waals surface area contributed by atoms with E-state index in [4.69, 9.17) is 11.6 Å². The van der Waals surface area contributed by atoms with Crippen molar-refractivity contribution in [3.63, 3.8) is 0 Å². The summed E-state index contributed by atoms with van der Waals surface area (Å²) in [6.45, 7) is 0. The van der Waals surface area contributed by atoms with Crippen LogP contribution in [0, 0.1) is 5.82 Å². The molecule has 0 amide bonds. The van der Waals surface area contributed by atoms with E-state index in [0.29, 0.717) is 16.1 Å². The Kier molecular flexibility index (Phi) is 3.17. The summed E-state index contributed by atoms with van der Waals surface area (Å²) >= 11 is 8.88. The number of hydrogen-bond acceptors (Lipinski definition) is 1. The minimum atomic E-state index is -0.454. The van der Waals surface area contributed by atoms with Gasteiger partial charge in [-0.2, -0.15) is 0 Å². The molecule has 0 unspecified atom stereocenters. The molecule has 2 rings (SSSR count). The maximum Gasteiger partial charge on any atom is 0.132 e. The van der Waals surface area contributed by atoms with Crippen molar-refractivity contribution in [2.75, 3.05) is 0 Å². The maximum atomic E-state index is 13.6. The van der Waals surface area contributed by atoms with Crippen LogP contribution in [0.15, 0.2) is 40.9 Å². The predicted molar refractivity (Wildman–Crippen MR) is 66.2 cm³/mol. The van der Waals surface area contributed by atoms with E-state index < -0.39 is 5.82 Å². The Morgan fingerprint density at radius 2 is 1.75 bits per heavy atom. The van der Waals surface area contributed by atoms with Gasteiger partial charge in [0.25, 0.3) is 0 Å². The standard InChI is InChI=1S/C12H7BrClFO/c13-7-1-3-10(12(16)5-7)9-4-2-8(14)6-11(9)15/h1-6,16H. The molecule has 1 N–H and O–H groups in total. The molecule has 4 heteroatoms. The molecular formula is C12H7BrClFO. The molecule has 0 saturated carbocycles. The van der Waals surface area contributed by atoms with Gasteiger partial charge in [0.15, 0.2) is 0 Å². The number of benzene rings is 2. The number of hydrogen-bond donors (Lipinski definition) is 1. The molecule has 0 fully saturated rings. The van der Waals surface area contributed by atoms with Crippen LogP contribution in [0.1, 0.15) is 0 Å². The lowest BCUT2D eigenvalue weighted by Crippen LogP contribution is -1.85. The summed E-state index contributed by atoms with van der Waals surface area (Å²) in [7, 11) is 0. The summed E-state index contributed by atoms with van der Waals surface area (Å²) in [6.07, 6.45) is 0. The summed E-state index contributed by atoms with van der Waals surface area (Å²) in [5, 5.41) is 10.0. The highest BCUT2D eigenvalue weighted by molar-refractivity contribution is 9.10. The third kappa shape index (κ3) is 2.20. The fourth-order valence-electron chi connectivity index (χ4n) is 1.44. The Morgan fingerprint density at radius 1 is 1.06 bits per heavy atom. The normalized spacial score (nSPS) is 10.4. The van der Waals surface area contributed by atoms with Crippen LogP contribution in [-0.4, -0.2) is 5.11 Å². The summed E-state index contributed by atoms with van der Waals surface area (Å²) in [6, 6.07) is 9.25. The number of phenolic OH excluding ortho intramolecular Hbond substituents is 1. The largest absolute Gasteiger partial charge is 0.507 e. The molecule has 2 aromatic carbocycles. The topological polar surface area (TPSA) is 20.2 Å². The van der Waals surface area contributed by atoms with Gasteiger partial charge < -0.3 is 5.11 Å². The zero-order valence-corrected chi connectivity index (χ0v) is 10.4. The lowest BCUT2D eigenvalue weighted by Gasteiger charge is -2.06. The first-order chi connectivity index (χ1) is 7.58. The van der Waals surface area contributed by atoms with Crippen molar-refractivity contribution in [2.24, 2.45) is 0 Å². The first-order valence-electron chi connectivity index (χ1n) is 4.52. The molecule has 1 nitrogen and oxygen atoms in total. The van der Waals surface area contributed by atoms with Crippen LogP contribution in [0.3, 0.4) is 0 Å². The van der Waals surface area contributed by atoms with E-state index >= 15 is 0 Å². The van der Waals surface area contributed by atoms with Gasteiger partial charge in [0, 0.05) is 20.6 Å². The predicted octanol–water partition coefficient (Wildman–Crippen LogP) is 4.61. The van der Waals surface area contributed by atoms with Gasteiger partial charge in [0.1, 0.15) is 11.6 Å². The fourth-order valence-corrected chi connectivity index (χ4v) is 1.95. The molecule has 0 aromatic heterocycles. The highest BCUT2D eigenvalue weighted by Crippen LogP contribution is 2.33. The van der Waals surface area contributed by atoms with E-state index in [1.165, 1.54) is 12.1 Å². The van der Waals surface area contributed by atoms with Crippen molar-refractivity contribution >= 4 is 27.5 Å². The molecule has 0 aliphatic heterocycles. The first kappa shape index (κ1) is 11.4. The second-order valence-electron chi connectivity index (χ2n) is 3.29. The van der Waals surface area contributed by atoms with E-state index in [1.54, 1.807) is 24.3 Å². The van der Waals surface area contributed by atoms with Gasteiger partial charge in [-0.15, -0.1) is 0 Å². The second-order valence-corrected chi connectivity index (χ2v) is 4.64. The van der Waals surface area contributed by atoms with Crippen LogP contribution in [0.5, 0.6) is 5.75 Å². The summed E-state index contributed by atoms with van der Waals surface area (Å²) in [5.74, 6) is -0.430. The van der Waals surface area contributed by atoms with Crippen molar-refractivity contribution in [3.8, 4) is 16.9 Å². The smallest absolute Gasteiger partial charge is 0.132 e. The van der Waals surface area contributed by atoms with E-state index in [0.717, 1.165) is 4.47 Å². The monoisotopic (exact) mass is 300 g/mol. The fraction of sp³-hybridized carbons (Fsp3) is 0. The summed E-state index contributed by atoms with van der Waals surface area (Å²) in [5.41, 5.74) is 0.770. The molecule has 0 aliphatic carbocycles. The molecule has 0 bridgehead atoms. The summed E-state index contributed by atoms with van der Waals surface area (Å²) in [4.78, 5) is 0. The highest BCUT2D eigenvalue weighted by Gasteiger charge is 2.09. The molecule has 82 valence electrons. The van der Waals surface area contributed by atoms with Crippen LogP contribution in [-0.2, 0) is 0 Å². The first-order valence-corrected chi connectivity index (χ1v) is 5.69. The molecule has 0 spiro atoms. The Balaban J connectivity index is 2.59. The highest BCUT2D eigenvalue weighted by atomic mass is 79.9. The third-order valence-corrected chi connectivity index (χ3v) is 2.91. The zero-order valence-electron chi connectivity index (χ0n) is 8.05. The van der Waals surface area contributed by atoms with Crippen LogP contribution in [0.25, 0.3) is 11.1 Å². The second kappa shape index (κ2) is 4.44. The number of halogens is 3. The van der Waals surface area contributed by atoms with Gasteiger partial charge in [-0.05, 0) is 36.4 Å². The molecule has 2 aromatic rings. The van der Waals surface area contributed by atoms with Gasteiger partial charge in [-0.3, -0.25) is 0 Å². The molecule has 0 radical (unpaired) electrons. The minimum Gasteiger partial charge on any atom is -0.507 e. The van der Waals surface area contributed by atoms with Crippen molar-refractivity contribution in [3.05, 3.63) is 51.7 Å². The van der Waals surface area contributed by atoms with Gasteiger partial charge in [0.05, 0.1) is 0 Å². The number of rotatable bonds is 1. The average Bonchev–Trinajstić information content (AvgIpc) is 2.19. The van der Waals surface area contributed by atoms with Crippen molar-refractivity contribution in [2.45, 2.75) is 0 Å². The zero-order chi connectivity index (χ0) is 11.7. The third-order valence-electron chi connectivity index (χ3n) is 2.18. The minimum absolute atomic E-state index is 0.0237.